The van der Waals surface area contributed by atoms with E-state index in [0.717, 1.165) is 41.5 Å². The topological polar surface area (TPSA) is 61.4 Å². The number of benzene rings is 1. The first-order valence-corrected chi connectivity index (χ1v) is 9.99. The van der Waals surface area contributed by atoms with Gasteiger partial charge in [-0.25, -0.2) is 9.97 Å². The normalized spacial score (nSPS) is 16.8. The highest BCUT2D eigenvalue weighted by Gasteiger charge is 2.19. The van der Waals surface area contributed by atoms with Crippen LogP contribution in [0.15, 0.2) is 24.5 Å². The lowest BCUT2D eigenvalue weighted by Crippen LogP contribution is -2.35. The van der Waals surface area contributed by atoms with E-state index in [2.05, 4.69) is 46.2 Å². The van der Waals surface area contributed by atoms with Crippen LogP contribution in [-0.4, -0.2) is 42.6 Å². The van der Waals surface area contributed by atoms with Gasteiger partial charge in [0, 0.05) is 31.9 Å². The number of hydrogen-bond donors (Lipinski definition) is 1. The molecular formula is C22H31N5O. The number of nitrogens with one attached hydrogen (secondary N) is 1. The number of aromatic nitrogens is 2. The summed E-state index contributed by atoms with van der Waals surface area (Å²) < 4.78 is 0. The fourth-order valence-electron chi connectivity index (χ4n) is 3.97. The van der Waals surface area contributed by atoms with Gasteiger partial charge in [0.25, 0.3) is 0 Å². The Labute approximate surface area is 168 Å². The average molecular weight is 382 g/mol. The van der Waals surface area contributed by atoms with E-state index in [4.69, 9.17) is 0 Å². The standard InChI is InChI=1S/C22H31N5O/c1-15-7-6-8-27(12-15)20-11-19(23-14-24-20)26(5)13-21(28)25-22-17(3)9-16(2)10-18(22)4/h9-11,14-15H,6-8,12-13H2,1-5H3,(H,25,28). The number of piperidine rings is 1. The Hall–Kier alpha value is -2.63. The minimum atomic E-state index is -0.0516. The van der Waals surface area contributed by atoms with Crippen molar-refractivity contribution in [2.24, 2.45) is 5.92 Å². The minimum absolute atomic E-state index is 0.0516. The maximum atomic E-state index is 12.6. The molecule has 1 aromatic carbocycles. The summed E-state index contributed by atoms with van der Waals surface area (Å²) in [4.78, 5) is 25.6. The predicted octanol–water partition coefficient (Wildman–Crippen LogP) is 3.71. The number of likely N-dealkylation sites (N-methyl/N-ethyl adjacent to an activating group) is 1. The molecule has 1 saturated heterocycles. The van der Waals surface area contributed by atoms with Gasteiger partial charge in [-0.15, -0.1) is 0 Å². The molecule has 2 heterocycles. The molecule has 0 aliphatic carbocycles. The molecule has 2 aromatic rings. The summed E-state index contributed by atoms with van der Waals surface area (Å²) >= 11 is 0. The number of nitrogens with zero attached hydrogens (tertiary/aromatic N) is 4. The molecule has 1 aromatic heterocycles. The van der Waals surface area contributed by atoms with Gasteiger partial charge in [-0.1, -0.05) is 24.6 Å². The van der Waals surface area contributed by atoms with Crippen LogP contribution in [0.4, 0.5) is 17.3 Å². The zero-order chi connectivity index (χ0) is 20.3. The van der Waals surface area contributed by atoms with E-state index in [9.17, 15) is 4.79 Å². The number of aryl methyl sites for hydroxylation is 3. The van der Waals surface area contributed by atoms with Crippen molar-refractivity contribution in [1.82, 2.24) is 9.97 Å². The van der Waals surface area contributed by atoms with Crippen LogP contribution in [0.3, 0.4) is 0 Å². The van der Waals surface area contributed by atoms with Crippen molar-refractivity contribution < 1.29 is 4.79 Å². The smallest absolute Gasteiger partial charge is 0.243 e. The molecule has 1 aliphatic heterocycles. The number of anilines is 3. The fraction of sp³-hybridized carbons (Fsp3) is 0.500. The maximum Gasteiger partial charge on any atom is 0.243 e. The molecule has 1 N–H and O–H groups in total. The highest BCUT2D eigenvalue weighted by Crippen LogP contribution is 2.24. The fourth-order valence-corrected chi connectivity index (χ4v) is 3.97. The summed E-state index contributed by atoms with van der Waals surface area (Å²) in [5, 5.41) is 3.06. The lowest BCUT2D eigenvalue weighted by Gasteiger charge is -2.32. The van der Waals surface area contributed by atoms with Gasteiger partial charge in [0.05, 0.1) is 6.54 Å². The quantitative estimate of drug-likeness (QED) is 0.855. The number of carbonyl (C=O) groups excluding carboxylic acids is 1. The SMILES string of the molecule is Cc1cc(C)c(NC(=O)CN(C)c2cc(N3CCCC(C)C3)ncn2)c(C)c1. The third kappa shape index (κ3) is 4.80. The Bertz CT molecular complexity index is 828. The van der Waals surface area contributed by atoms with E-state index in [0.29, 0.717) is 5.92 Å². The Morgan fingerprint density at radius 2 is 1.93 bits per heavy atom. The summed E-state index contributed by atoms with van der Waals surface area (Å²) in [6.45, 7) is 10.7. The van der Waals surface area contributed by atoms with Gasteiger partial charge in [0.2, 0.25) is 5.91 Å². The molecule has 0 saturated carbocycles. The van der Waals surface area contributed by atoms with Gasteiger partial charge < -0.3 is 15.1 Å². The van der Waals surface area contributed by atoms with Crippen molar-refractivity contribution in [2.45, 2.75) is 40.5 Å². The number of amides is 1. The Morgan fingerprint density at radius 3 is 2.61 bits per heavy atom. The summed E-state index contributed by atoms with van der Waals surface area (Å²) in [5.74, 6) is 2.32. The molecule has 6 heteroatoms. The van der Waals surface area contributed by atoms with Crippen LogP contribution in [-0.2, 0) is 4.79 Å². The van der Waals surface area contributed by atoms with Crippen LogP contribution < -0.4 is 15.1 Å². The molecule has 0 radical (unpaired) electrons. The lowest BCUT2D eigenvalue weighted by molar-refractivity contribution is -0.114. The predicted molar refractivity (Wildman–Crippen MR) is 115 cm³/mol. The zero-order valence-corrected chi connectivity index (χ0v) is 17.6. The van der Waals surface area contributed by atoms with E-state index in [1.807, 2.05) is 31.9 Å². The molecule has 0 spiro atoms. The van der Waals surface area contributed by atoms with Crippen LogP contribution >= 0.6 is 0 Å². The summed E-state index contributed by atoms with van der Waals surface area (Å²) in [7, 11) is 1.89. The molecular weight excluding hydrogens is 350 g/mol. The highest BCUT2D eigenvalue weighted by molar-refractivity contribution is 5.95. The van der Waals surface area contributed by atoms with E-state index in [-0.39, 0.29) is 12.5 Å². The molecule has 6 nitrogen and oxygen atoms in total. The van der Waals surface area contributed by atoms with E-state index >= 15 is 0 Å². The van der Waals surface area contributed by atoms with Gasteiger partial charge in [-0.05, 0) is 50.7 Å². The summed E-state index contributed by atoms with van der Waals surface area (Å²) in [5.41, 5.74) is 4.26. The van der Waals surface area contributed by atoms with Crippen molar-refractivity contribution >= 4 is 23.2 Å². The van der Waals surface area contributed by atoms with E-state index < -0.39 is 0 Å². The minimum Gasteiger partial charge on any atom is -0.356 e. The van der Waals surface area contributed by atoms with Gasteiger partial charge in [-0.2, -0.15) is 0 Å². The first-order chi connectivity index (χ1) is 13.3. The highest BCUT2D eigenvalue weighted by atomic mass is 16.2. The number of carbonyl (C=O) groups is 1. The van der Waals surface area contributed by atoms with Gasteiger partial charge in [0.15, 0.2) is 0 Å². The van der Waals surface area contributed by atoms with Gasteiger partial charge in [-0.3, -0.25) is 4.79 Å². The van der Waals surface area contributed by atoms with Crippen LogP contribution in [0.25, 0.3) is 0 Å². The van der Waals surface area contributed by atoms with Crippen molar-refractivity contribution in [3.8, 4) is 0 Å². The second kappa shape index (κ2) is 8.59. The summed E-state index contributed by atoms with van der Waals surface area (Å²) in [6.07, 6.45) is 4.05. The third-order valence-electron chi connectivity index (χ3n) is 5.33. The molecule has 1 amide bonds. The Morgan fingerprint density at radius 1 is 1.21 bits per heavy atom. The third-order valence-corrected chi connectivity index (χ3v) is 5.33. The molecule has 3 rings (SSSR count). The van der Waals surface area contributed by atoms with Crippen molar-refractivity contribution in [2.75, 3.05) is 41.8 Å². The largest absolute Gasteiger partial charge is 0.356 e. The average Bonchev–Trinajstić information content (AvgIpc) is 2.65. The van der Waals surface area contributed by atoms with E-state index in [1.165, 1.54) is 18.4 Å². The summed E-state index contributed by atoms with van der Waals surface area (Å²) in [6, 6.07) is 6.15. The van der Waals surface area contributed by atoms with Crippen LogP contribution in [0.5, 0.6) is 0 Å². The monoisotopic (exact) mass is 381 g/mol. The second-order valence-corrected chi connectivity index (χ2v) is 8.11. The first kappa shape index (κ1) is 20.1. The number of hydrogen-bond acceptors (Lipinski definition) is 5. The Kier molecular flexibility index (Phi) is 6.17. The molecule has 1 fully saturated rings. The molecule has 1 unspecified atom stereocenters. The van der Waals surface area contributed by atoms with E-state index in [1.54, 1.807) is 6.33 Å². The second-order valence-electron chi connectivity index (χ2n) is 8.11. The van der Waals surface area contributed by atoms with Crippen molar-refractivity contribution in [3.63, 3.8) is 0 Å². The van der Waals surface area contributed by atoms with Gasteiger partial charge >= 0.3 is 0 Å². The molecule has 1 aliphatic rings. The van der Waals surface area contributed by atoms with Crippen LogP contribution in [0, 0.1) is 26.7 Å². The van der Waals surface area contributed by atoms with Gasteiger partial charge in [0.1, 0.15) is 18.0 Å². The lowest BCUT2D eigenvalue weighted by atomic mass is 10.0. The maximum absolute atomic E-state index is 12.6. The Balaban J connectivity index is 1.67. The first-order valence-electron chi connectivity index (χ1n) is 9.99. The van der Waals surface area contributed by atoms with Crippen LogP contribution in [0.1, 0.15) is 36.5 Å². The van der Waals surface area contributed by atoms with Crippen LogP contribution in [0.2, 0.25) is 0 Å². The molecule has 1 atom stereocenters. The molecule has 0 bridgehead atoms. The zero-order valence-electron chi connectivity index (χ0n) is 17.6. The number of rotatable bonds is 5. The molecule has 28 heavy (non-hydrogen) atoms. The molecule has 150 valence electrons. The van der Waals surface area contributed by atoms with Crippen molar-refractivity contribution in [3.05, 3.63) is 41.2 Å². The van der Waals surface area contributed by atoms with Crippen molar-refractivity contribution in [1.29, 1.82) is 0 Å².